The van der Waals surface area contributed by atoms with Crippen molar-refractivity contribution in [3.8, 4) is 0 Å². The van der Waals surface area contributed by atoms with E-state index in [4.69, 9.17) is 4.74 Å². The largest absolute Gasteiger partial charge is 0.462 e. The topological polar surface area (TPSA) is 26.3 Å². The van der Waals surface area contributed by atoms with Gasteiger partial charge < -0.3 is 4.74 Å². The molecular weight excluding hydrogens is 224 g/mol. The molecule has 0 radical (unpaired) electrons. The van der Waals surface area contributed by atoms with Gasteiger partial charge in [-0.3, -0.25) is 4.79 Å². The lowest BCUT2D eigenvalue weighted by Crippen LogP contribution is -2.38. The van der Waals surface area contributed by atoms with Gasteiger partial charge in [0.2, 0.25) is 0 Å². The number of rotatable bonds is 4. The van der Waals surface area contributed by atoms with Crippen LogP contribution in [0.5, 0.6) is 0 Å². The molecule has 2 heteroatoms. The molecule has 0 N–H and O–H groups in total. The molecule has 104 valence electrons. The summed E-state index contributed by atoms with van der Waals surface area (Å²) in [7, 11) is 0. The molecule has 18 heavy (non-hydrogen) atoms. The summed E-state index contributed by atoms with van der Waals surface area (Å²) in [6.07, 6.45) is 5.38. The van der Waals surface area contributed by atoms with Gasteiger partial charge in [0.25, 0.3) is 0 Å². The number of carbonyl (C=O) groups excluding carboxylic acids is 1. The van der Waals surface area contributed by atoms with Gasteiger partial charge in [-0.25, -0.2) is 0 Å². The molecule has 2 nitrogen and oxygen atoms in total. The Kier molecular flexibility index (Phi) is 3.50. The SMILES string of the molecule is CCC(C)CC(=O)OC1CC2CCC1(C)C2(C)C. The lowest BCUT2D eigenvalue weighted by molar-refractivity contribution is -0.157. The summed E-state index contributed by atoms with van der Waals surface area (Å²) in [6.45, 7) is 11.3. The number of fused-ring (bicyclic) bond motifs is 2. The van der Waals surface area contributed by atoms with E-state index < -0.39 is 0 Å². The maximum Gasteiger partial charge on any atom is 0.306 e. The highest BCUT2D eigenvalue weighted by molar-refractivity contribution is 5.70. The summed E-state index contributed by atoms with van der Waals surface area (Å²) in [5, 5.41) is 0. The molecule has 0 aromatic heterocycles. The van der Waals surface area contributed by atoms with Gasteiger partial charge >= 0.3 is 5.97 Å². The summed E-state index contributed by atoms with van der Waals surface area (Å²) in [6, 6.07) is 0. The van der Waals surface area contributed by atoms with Crippen molar-refractivity contribution in [3.05, 3.63) is 0 Å². The quantitative estimate of drug-likeness (QED) is 0.702. The second-order valence-corrected chi connectivity index (χ2v) is 7.31. The molecule has 2 saturated carbocycles. The minimum atomic E-state index is 0.0129. The highest BCUT2D eigenvalue weighted by Crippen LogP contribution is 2.66. The van der Waals surface area contributed by atoms with E-state index in [1.165, 1.54) is 12.8 Å². The Balaban J connectivity index is 1.98. The zero-order chi connectivity index (χ0) is 13.6. The maximum absolute atomic E-state index is 12.0. The molecule has 2 bridgehead atoms. The van der Waals surface area contributed by atoms with Crippen LogP contribution in [0.1, 0.15) is 66.7 Å². The average molecular weight is 252 g/mol. The van der Waals surface area contributed by atoms with E-state index >= 15 is 0 Å². The number of ether oxygens (including phenoxy) is 1. The Hall–Kier alpha value is -0.530. The van der Waals surface area contributed by atoms with Crippen molar-refractivity contribution in [2.75, 3.05) is 0 Å². The Morgan fingerprint density at radius 1 is 1.39 bits per heavy atom. The zero-order valence-corrected chi connectivity index (χ0v) is 12.6. The van der Waals surface area contributed by atoms with E-state index in [0.29, 0.717) is 17.8 Å². The van der Waals surface area contributed by atoms with Crippen molar-refractivity contribution in [2.45, 2.75) is 72.8 Å². The highest BCUT2D eigenvalue weighted by Gasteiger charge is 2.62. The summed E-state index contributed by atoms with van der Waals surface area (Å²) in [4.78, 5) is 12.0. The summed E-state index contributed by atoms with van der Waals surface area (Å²) < 4.78 is 5.82. The molecule has 0 aromatic carbocycles. The van der Waals surface area contributed by atoms with Gasteiger partial charge in [-0.15, -0.1) is 0 Å². The second kappa shape index (κ2) is 4.54. The molecule has 4 atom stereocenters. The van der Waals surface area contributed by atoms with Crippen molar-refractivity contribution in [2.24, 2.45) is 22.7 Å². The highest BCUT2D eigenvalue weighted by atomic mass is 16.5. The molecule has 2 aliphatic rings. The van der Waals surface area contributed by atoms with E-state index in [0.717, 1.165) is 18.8 Å². The number of esters is 1. The normalized spacial score (nSPS) is 38.7. The molecule has 0 amide bonds. The minimum Gasteiger partial charge on any atom is -0.462 e. The molecule has 2 fully saturated rings. The van der Waals surface area contributed by atoms with Gasteiger partial charge in [-0.2, -0.15) is 0 Å². The Bertz CT molecular complexity index is 334. The Morgan fingerprint density at radius 3 is 2.50 bits per heavy atom. The first-order valence-electron chi connectivity index (χ1n) is 7.50. The van der Waals surface area contributed by atoms with Gasteiger partial charge in [0.05, 0.1) is 0 Å². The standard InChI is InChI=1S/C16H28O2/c1-6-11(2)9-14(17)18-13-10-12-7-8-16(13,5)15(12,3)4/h11-13H,6-10H2,1-5H3. The van der Waals surface area contributed by atoms with Crippen molar-refractivity contribution < 1.29 is 9.53 Å². The van der Waals surface area contributed by atoms with Crippen LogP contribution < -0.4 is 0 Å². The molecule has 4 unspecified atom stereocenters. The molecule has 0 heterocycles. The van der Waals surface area contributed by atoms with Crippen LogP contribution in [0.2, 0.25) is 0 Å². The third-order valence-electron chi connectivity index (χ3n) is 6.20. The predicted molar refractivity (Wildman–Crippen MR) is 73.2 cm³/mol. The van der Waals surface area contributed by atoms with Gasteiger partial charge in [-0.1, -0.05) is 41.0 Å². The van der Waals surface area contributed by atoms with E-state index in [1.54, 1.807) is 0 Å². The van der Waals surface area contributed by atoms with Crippen molar-refractivity contribution in [3.63, 3.8) is 0 Å². The van der Waals surface area contributed by atoms with Crippen LogP contribution in [-0.2, 0) is 9.53 Å². The monoisotopic (exact) mass is 252 g/mol. The fourth-order valence-corrected chi connectivity index (χ4v) is 3.94. The molecule has 0 aliphatic heterocycles. The van der Waals surface area contributed by atoms with Crippen LogP contribution in [0.3, 0.4) is 0 Å². The summed E-state index contributed by atoms with van der Waals surface area (Å²) >= 11 is 0. The summed E-state index contributed by atoms with van der Waals surface area (Å²) in [5.74, 6) is 1.19. The van der Waals surface area contributed by atoms with Crippen molar-refractivity contribution >= 4 is 5.97 Å². The number of carbonyl (C=O) groups is 1. The third-order valence-corrected chi connectivity index (χ3v) is 6.20. The van der Waals surface area contributed by atoms with Gasteiger partial charge in [0.1, 0.15) is 6.10 Å². The first kappa shape index (κ1) is 13.9. The lowest BCUT2D eigenvalue weighted by Gasteiger charge is -2.38. The average Bonchev–Trinajstić information content (AvgIpc) is 2.61. The van der Waals surface area contributed by atoms with Crippen LogP contribution in [0.25, 0.3) is 0 Å². The molecule has 0 aromatic rings. The predicted octanol–water partition coefficient (Wildman–Crippen LogP) is 4.18. The van der Waals surface area contributed by atoms with E-state index in [2.05, 4.69) is 34.6 Å². The van der Waals surface area contributed by atoms with Crippen LogP contribution in [-0.4, -0.2) is 12.1 Å². The minimum absolute atomic E-state index is 0.0129. The van der Waals surface area contributed by atoms with E-state index in [1.807, 2.05) is 0 Å². The van der Waals surface area contributed by atoms with Crippen molar-refractivity contribution in [1.29, 1.82) is 0 Å². The van der Waals surface area contributed by atoms with Crippen LogP contribution in [0.15, 0.2) is 0 Å². The molecular formula is C16H28O2. The number of hydrogen-bond acceptors (Lipinski definition) is 2. The summed E-state index contributed by atoms with van der Waals surface area (Å²) in [5.41, 5.74) is 0.525. The fraction of sp³-hybridized carbons (Fsp3) is 0.938. The van der Waals surface area contributed by atoms with Crippen molar-refractivity contribution in [1.82, 2.24) is 0 Å². The zero-order valence-electron chi connectivity index (χ0n) is 12.6. The van der Waals surface area contributed by atoms with E-state index in [9.17, 15) is 4.79 Å². The second-order valence-electron chi connectivity index (χ2n) is 7.31. The molecule has 2 aliphatic carbocycles. The van der Waals surface area contributed by atoms with Crippen LogP contribution >= 0.6 is 0 Å². The first-order chi connectivity index (χ1) is 8.31. The van der Waals surface area contributed by atoms with Crippen LogP contribution in [0, 0.1) is 22.7 Å². The van der Waals surface area contributed by atoms with E-state index in [-0.39, 0.29) is 17.5 Å². The Labute approximate surface area is 111 Å². The third kappa shape index (κ3) is 1.98. The molecule has 2 rings (SSSR count). The van der Waals surface area contributed by atoms with Gasteiger partial charge in [0.15, 0.2) is 0 Å². The first-order valence-corrected chi connectivity index (χ1v) is 7.50. The molecule has 0 spiro atoms. The number of hydrogen-bond donors (Lipinski definition) is 0. The van der Waals surface area contributed by atoms with Gasteiger partial charge in [0, 0.05) is 11.8 Å². The Morgan fingerprint density at radius 2 is 2.06 bits per heavy atom. The lowest BCUT2D eigenvalue weighted by atomic mass is 9.70. The van der Waals surface area contributed by atoms with Gasteiger partial charge in [-0.05, 0) is 36.5 Å². The van der Waals surface area contributed by atoms with Crippen LogP contribution in [0.4, 0.5) is 0 Å². The maximum atomic E-state index is 12.0. The molecule has 0 saturated heterocycles. The smallest absolute Gasteiger partial charge is 0.306 e. The fourth-order valence-electron chi connectivity index (χ4n) is 3.94.